The lowest BCUT2D eigenvalue weighted by Gasteiger charge is -2.22. The van der Waals surface area contributed by atoms with E-state index in [2.05, 4.69) is 0 Å². The van der Waals surface area contributed by atoms with Crippen molar-refractivity contribution in [2.24, 2.45) is 0 Å². The standard InChI is InChI=1S/C12H14ClNO4/c13-10-4-5-11(14(15)16)9(7-10)8-18-12-3-1-2-6-17-12/h4-5,7,12H,1-3,6,8H2. The van der Waals surface area contributed by atoms with Crippen molar-refractivity contribution in [2.45, 2.75) is 32.2 Å². The first-order valence-corrected chi connectivity index (χ1v) is 6.20. The van der Waals surface area contributed by atoms with Gasteiger partial charge in [-0.25, -0.2) is 0 Å². The van der Waals surface area contributed by atoms with Crippen LogP contribution in [-0.4, -0.2) is 17.8 Å². The van der Waals surface area contributed by atoms with E-state index in [1.54, 1.807) is 6.07 Å². The molecule has 1 heterocycles. The van der Waals surface area contributed by atoms with Crippen molar-refractivity contribution in [3.8, 4) is 0 Å². The number of nitro benzene ring substituents is 1. The minimum Gasteiger partial charge on any atom is -0.353 e. The molecule has 1 aliphatic heterocycles. The van der Waals surface area contributed by atoms with Gasteiger partial charge in [0.25, 0.3) is 5.69 Å². The minimum atomic E-state index is -0.434. The summed E-state index contributed by atoms with van der Waals surface area (Å²) >= 11 is 5.83. The van der Waals surface area contributed by atoms with Gasteiger partial charge in [-0.3, -0.25) is 10.1 Å². The highest BCUT2D eigenvalue weighted by molar-refractivity contribution is 6.30. The molecule has 1 atom stereocenters. The highest BCUT2D eigenvalue weighted by atomic mass is 35.5. The molecule has 1 aliphatic rings. The Morgan fingerprint density at radius 2 is 2.33 bits per heavy atom. The van der Waals surface area contributed by atoms with E-state index in [1.807, 2.05) is 0 Å². The summed E-state index contributed by atoms with van der Waals surface area (Å²) in [5.74, 6) is 0. The maximum absolute atomic E-state index is 10.9. The number of halogens is 1. The fourth-order valence-corrected chi connectivity index (χ4v) is 2.07. The average molecular weight is 272 g/mol. The first-order chi connectivity index (χ1) is 8.66. The van der Waals surface area contributed by atoms with Crippen molar-refractivity contribution < 1.29 is 14.4 Å². The number of hydrogen-bond acceptors (Lipinski definition) is 4. The molecule has 1 aromatic rings. The summed E-state index contributed by atoms with van der Waals surface area (Å²) in [6, 6.07) is 4.45. The summed E-state index contributed by atoms with van der Waals surface area (Å²) in [5.41, 5.74) is 0.497. The van der Waals surface area contributed by atoms with Crippen LogP contribution in [0.1, 0.15) is 24.8 Å². The molecule has 1 fully saturated rings. The van der Waals surface area contributed by atoms with E-state index in [0.717, 1.165) is 19.3 Å². The topological polar surface area (TPSA) is 61.6 Å². The predicted molar refractivity (Wildman–Crippen MR) is 66.5 cm³/mol. The largest absolute Gasteiger partial charge is 0.353 e. The molecule has 1 aromatic carbocycles. The van der Waals surface area contributed by atoms with Gasteiger partial charge in [0.1, 0.15) is 0 Å². The van der Waals surface area contributed by atoms with Crippen molar-refractivity contribution >= 4 is 17.3 Å². The molecular weight excluding hydrogens is 258 g/mol. The quantitative estimate of drug-likeness (QED) is 0.623. The Morgan fingerprint density at radius 3 is 3.00 bits per heavy atom. The Hall–Kier alpha value is -1.17. The summed E-state index contributed by atoms with van der Waals surface area (Å²) in [6.45, 7) is 0.823. The molecule has 0 spiro atoms. The molecule has 0 amide bonds. The molecule has 0 saturated carbocycles. The Kier molecular flexibility index (Phi) is 4.52. The van der Waals surface area contributed by atoms with Crippen LogP contribution in [0.15, 0.2) is 18.2 Å². The molecule has 1 unspecified atom stereocenters. The van der Waals surface area contributed by atoms with Crippen molar-refractivity contribution in [3.05, 3.63) is 38.9 Å². The van der Waals surface area contributed by atoms with Crippen molar-refractivity contribution in [1.82, 2.24) is 0 Å². The van der Waals surface area contributed by atoms with Crippen LogP contribution in [-0.2, 0) is 16.1 Å². The van der Waals surface area contributed by atoms with Crippen LogP contribution in [0, 0.1) is 10.1 Å². The van der Waals surface area contributed by atoms with Crippen LogP contribution >= 0.6 is 11.6 Å². The average Bonchev–Trinajstić information content (AvgIpc) is 2.37. The maximum atomic E-state index is 10.9. The lowest BCUT2D eigenvalue weighted by Crippen LogP contribution is -2.22. The molecule has 5 nitrogen and oxygen atoms in total. The summed E-state index contributed by atoms with van der Waals surface area (Å²) in [7, 11) is 0. The highest BCUT2D eigenvalue weighted by Gasteiger charge is 2.18. The van der Waals surface area contributed by atoms with Gasteiger partial charge in [-0.15, -0.1) is 0 Å². The van der Waals surface area contributed by atoms with Gasteiger partial charge >= 0.3 is 0 Å². The van der Waals surface area contributed by atoms with Crippen molar-refractivity contribution in [1.29, 1.82) is 0 Å². The van der Waals surface area contributed by atoms with Gasteiger partial charge in [0.05, 0.1) is 17.1 Å². The Balaban J connectivity index is 2.03. The van der Waals surface area contributed by atoms with Crippen LogP contribution < -0.4 is 0 Å². The fourth-order valence-electron chi connectivity index (χ4n) is 1.87. The molecule has 6 heteroatoms. The molecule has 1 saturated heterocycles. The zero-order valence-corrected chi connectivity index (χ0v) is 10.6. The third kappa shape index (κ3) is 3.41. The SMILES string of the molecule is O=[N+]([O-])c1ccc(Cl)cc1COC1CCCCO1. The molecule has 0 bridgehead atoms. The number of nitro groups is 1. The van der Waals surface area contributed by atoms with E-state index in [1.165, 1.54) is 12.1 Å². The number of hydrogen-bond donors (Lipinski definition) is 0. The van der Waals surface area contributed by atoms with Crippen LogP contribution in [0.25, 0.3) is 0 Å². The lowest BCUT2D eigenvalue weighted by molar-refractivity contribution is -0.386. The second-order valence-corrected chi connectivity index (χ2v) is 4.57. The molecule has 0 aliphatic carbocycles. The van der Waals surface area contributed by atoms with E-state index in [0.29, 0.717) is 17.2 Å². The Labute approximate surface area is 110 Å². The van der Waals surface area contributed by atoms with E-state index >= 15 is 0 Å². The smallest absolute Gasteiger partial charge is 0.275 e. The Bertz CT molecular complexity index is 432. The second kappa shape index (κ2) is 6.13. The molecule has 2 rings (SSSR count). The van der Waals surface area contributed by atoms with E-state index in [4.69, 9.17) is 21.1 Å². The van der Waals surface area contributed by atoms with Crippen molar-refractivity contribution in [2.75, 3.05) is 6.61 Å². The van der Waals surface area contributed by atoms with E-state index in [9.17, 15) is 10.1 Å². The monoisotopic (exact) mass is 271 g/mol. The van der Waals surface area contributed by atoms with Crippen molar-refractivity contribution in [3.63, 3.8) is 0 Å². The van der Waals surface area contributed by atoms with Crippen LogP contribution in [0.3, 0.4) is 0 Å². The molecule has 98 valence electrons. The first-order valence-electron chi connectivity index (χ1n) is 5.83. The lowest BCUT2D eigenvalue weighted by atomic mass is 10.2. The van der Waals surface area contributed by atoms with Gasteiger partial charge in [0.2, 0.25) is 0 Å². The number of nitrogens with zero attached hydrogens (tertiary/aromatic N) is 1. The Morgan fingerprint density at radius 1 is 1.50 bits per heavy atom. The number of benzene rings is 1. The zero-order valence-electron chi connectivity index (χ0n) is 9.80. The third-order valence-corrected chi connectivity index (χ3v) is 3.04. The van der Waals surface area contributed by atoms with Crippen LogP contribution in [0.2, 0.25) is 5.02 Å². The van der Waals surface area contributed by atoms with Gasteiger partial charge in [0, 0.05) is 17.7 Å². The predicted octanol–water partition coefficient (Wildman–Crippen LogP) is 3.29. The van der Waals surface area contributed by atoms with Crippen LogP contribution in [0.5, 0.6) is 0 Å². The summed E-state index contributed by atoms with van der Waals surface area (Å²) < 4.78 is 10.9. The third-order valence-electron chi connectivity index (χ3n) is 2.80. The second-order valence-electron chi connectivity index (χ2n) is 4.14. The van der Waals surface area contributed by atoms with Gasteiger partial charge in [-0.2, -0.15) is 0 Å². The molecular formula is C12H14ClNO4. The van der Waals surface area contributed by atoms with E-state index < -0.39 is 4.92 Å². The molecule has 18 heavy (non-hydrogen) atoms. The normalized spacial score (nSPS) is 19.7. The van der Waals surface area contributed by atoms with Crippen LogP contribution in [0.4, 0.5) is 5.69 Å². The minimum absolute atomic E-state index is 0.0233. The van der Waals surface area contributed by atoms with Gasteiger partial charge < -0.3 is 9.47 Å². The molecule has 0 aromatic heterocycles. The number of ether oxygens (including phenoxy) is 2. The fraction of sp³-hybridized carbons (Fsp3) is 0.500. The number of rotatable bonds is 4. The molecule has 0 N–H and O–H groups in total. The molecule has 0 radical (unpaired) electrons. The summed E-state index contributed by atoms with van der Waals surface area (Å²) in [6.07, 6.45) is 2.66. The maximum Gasteiger partial charge on any atom is 0.275 e. The first kappa shape index (κ1) is 13.3. The van der Waals surface area contributed by atoms with Gasteiger partial charge in [-0.05, 0) is 31.4 Å². The van der Waals surface area contributed by atoms with Gasteiger partial charge in [-0.1, -0.05) is 11.6 Å². The van der Waals surface area contributed by atoms with E-state index in [-0.39, 0.29) is 18.6 Å². The summed E-state index contributed by atoms with van der Waals surface area (Å²) in [5, 5.41) is 11.3. The summed E-state index contributed by atoms with van der Waals surface area (Å²) in [4.78, 5) is 10.4. The van der Waals surface area contributed by atoms with Gasteiger partial charge in [0.15, 0.2) is 6.29 Å². The highest BCUT2D eigenvalue weighted by Crippen LogP contribution is 2.25. The zero-order chi connectivity index (χ0) is 13.0.